The minimum Gasteiger partial charge on any atom is -0.334 e. The molecule has 0 heterocycles. The Morgan fingerprint density at radius 2 is 2.00 bits per heavy atom. The summed E-state index contributed by atoms with van der Waals surface area (Å²) in [6.45, 7) is 13.9. The molecule has 1 nitrogen and oxygen atoms in total. The van der Waals surface area contributed by atoms with E-state index in [9.17, 15) is 0 Å². The Hall–Kier alpha value is -0.0831. The lowest BCUT2D eigenvalue weighted by Gasteiger charge is -2.27. The molecule has 0 amide bonds. The molecular weight excluding hydrogens is 138 g/mol. The molecule has 0 aliphatic heterocycles. The topological polar surface area (TPSA) is 12.0 Å². The van der Waals surface area contributed by atoms with E-state index in [-0.39, 0.29) is 0 Å². The minimum atomic E-state index is -1.12. The summed E-state index contributed by atoms with van der Waals surface area (Å²) in [4.78, 5) is 3.53. The lowest BCUT2D eigenvalue weighted by atomic mass is 10.6. The zero-order chi connectivity index (χ0) is 8.20. The molecule has 10 heavy (non-hydrogen) atoms. The van der Waals surface area contributed by atoms with Crippen LogP contribution in [0.15, 0.2) is 12.7 Å². The van der Waals surface area contributed by atoms with Gasteiger partial charge in [-0.15, -0.1) is 6.58 Å². The van der Waals surface area contributed by atoms with Crippen LogP contribution in [0.1, 0.15) is 13.8 Å². The van der Waals surface area contributed by atoms with Gasteiger partial charge in [0.1, 0.15) is 8.24 Å². The quantitative estimate of drug-likeness (QED) is 0.488. The van der Waals surface area contributed by atoms with Crippen LogP contribution in [0, 0.1) is 0 Å². The fraction of sp³-hybridized carbons (Fsp3) is 0.750. The minimum absolute atomic E-state index is 0.799. The van der Waals surface area contributed by atoms with E-state index in [4.69, 9.17) is 0 Å². The van der Waals surface area contributed by atoms with Crippen molar-refractivity contribution in [1.29, 1.82) is 0 Å². The molecule has 0 spiro atoms. The molecule has 0 rings (SSSR count). The summed E-state index contributed by atoms with van der Waals surface area (Å²) in [5.41, 5.74) is 0.799. The molecule has 0 radical (unpaired) electrons. The van der Waals surface area contributed by atoms with Crippen LogP contribution in [0.2, 0.25) is 18.6 Å². The van der Waals surface area contributed by atoms with Crippen molar-refractivity contribution in [3.63, 3.8) is 0 Å². The monoisotopic (exact) mass is 157 g/mol. The van der Waals surface area contributed by atoms with Crippen LogP contribution >= 0.6 is 0 Å². The first-order chi connectivity index (χ1) is 4.50. The largest absolute Gasteiger partial charge is 0.334 e. The first kappa shape index (κ1) is 9.92. The van der Waals surface area contributed by atoms with E-state index in [0.29, 0.717) is 0 Å². The highest BCUT2D eigenvalue weighted by molar-refractivity contribution is 6.76. The van der Waals surface area contributed by atoms with Gasteiger partial charge in [-0.1, -0.05) is 33.0 Å². The maximum atomic E-state index is 3.68. The van der Waals surface area contributed by atoms with E-state index in [1.165, 1.54) is 0 Å². The van der Waals surface area contributed by atoms with E-state index in [1.807, 2.05) is 6.08 Å². The smallest absolute Gasteiger partial charge is 0.122 e. The molecule has 2 heteroatoms. The Kier molecular flexibility index (Phi) is 3.90. The lowest BCUT2D eigenvalue weighted by Crippen LogP contribution is -2.47. The summed E-state index contributed by atoms with van der Waals surface area (Å²) in [6.07, 6.45) is 1.93. The SMILES string of the molecule is C=CCN[Si](C)(C)C(C)C. The summed E-state index contributed by atoms with van der Waals surface area (Å²) in [5, 5.41) is 0. The van der Waals surface area contributed by atoms with Crippen LogP contribution in [0.25, 0.3) is 0 Å². The zero-order valence-corrected chi connectivity index (χ0v) is 8.57. The van der Waals surface area contributed by atoms with Crippen molar-refractivity contribution in [2.45, 2.75) is 32.5 Å². The van der Waals surface area contributed by atoms with Crippen molar-refractivity contribution in [3.8, 4) is 0 Å². The molecule has 0 aromatic carbocycles. The summed E-state index contributed by atoms with van der Waals surface area (Å²) in [6, 6.07) is 0. The van der Waals surface area contributed by atoms with Gasteiger partial charge in [0.2, 0.25) is 0 Å². The van der Waals surface area contributed by atoms with Gasteiger partial charge in [0.25, 0.3) is 0 Å². The third-order valence-corrected chi connectivity index (χ3v) is 6.15. The predicted molar refractivity (Wildman–Crippen MR) is 50.8 cm³/mol. The number of nitrogens with one attached hydrogen (secondary N) is 1. The fourth-order valence-corrected chi connectivity index (χ4v) is 1.62. The van der Waals surface area contributed by atoms with E-state index in [1.54, 1.807) is 0 Å². The van der Waals surface area contributed by atoms with Crippen molar-refractivity contribution >= 4 is 8.24 Å². The van der Waals surface area contributed by atoms with Gasteiger partial charge < -0.3 is 4.98 Å². The first-order valence-electron chi connectivity index (χ1n) is 3.86. The number of hydrogen-bond acceptors (Lipinski definition) is 1. The fourth-order valence-electron chi connectivity index (χ4n) is 0.539. The van der Waals surface area contributed by atoms with E-state index >= 15 is 0 Å². The van der Waals surface area contributed by atoms with Gasteiger partial charge in [-0.3, -0.25) is 0 Å². The van der Waals surface area contributed by atoms with Crippen LogP contribution in [0.5, 0.6) is 0 Å². The van der Waals surface area contributed by atoms with Gasteiger partial charge in [0, 0.05) is 6.54 Å². The normalized spacial score (nSPS) is 12.1. The third kappa shape index (κ3) is 3.18. The predicted octanol–water partition coefficient (Wildman–Crippen LogP) is 2.38. The van der Waals surface area contributed by atoms with Crippen molar-refractivity contribution in [2.75, 3.05) is 6.54 Å². The molecule has 0 fully saturated rings. The van der Waals surface area contributed by atoms with Crippen molar-refractivity contribution in [3.05, 3.63) is 12.7 Å². The summed E-state index contributed by atoms with van der Waals surface area (Å²) >= 11 is 0. The molecule has 60 valence electrons. The molecule has 0 atom stereocenters. The molecule has 0 aliphatic carbocycles. The summed E-state index contributed by atoms with van der Waals surface area (Å²) in [5.74, 6) is 0. The Morgan fingerprint density at radius 1 is 1.50 bits per heavy atom. The summed E-state index contributed by atoms with van der Waals surface area (Å²) < 4.78 is 0. The van der Waals surface area contributed by atoms with Crippen molar-refractivity contribution < 1.29 is 0 Å². The molecule has 0 aromatic rings. The van der Waals surface area contributed by atoms with E-state index < -0.39 is 8.24 Å². The third-order valence-electron chi connectivity index (χ3n) is 2.15. The zero-order valence-electron chi connectivity index (χ0n) is 7.57. The highest BCUT2D eigenvalue weighted by Gasteiger charge is 2.23. The van der Waals surface area contributed by atoms with Crippen LogP contribution in [0.3, 0.4) is 0 Å². The van der Waals surface area contributed by atoms with Gasteiger partial charge >= 0.3 is 0 Å². The highest BCUT2D eigenvalue weighted by Crippen LogP contribution is 2.16. The van der Waals surface area contributed by atoms with Crippen LogP contribution < -0.4 is 4.98 Å². The first-order valence-corrected chi connectivity index (χ1v) is 6.94. The molecular formula is C8H19NSi. The van der Waals surface area contributed by atoms with Gasteiger partial charge in [-0.25, -0.2) is 0 Å². The molecule has 1 N–H and O–H groups in total. The second-order valence-electron chi connectivity index (χ2n) is 3.55. The Bertz CT molecular complexity index is 108. The molecule has 0 bridgehead atoms. The Morgan fingerprint density at radius 3 is 2.30 bits per heavy atom. The van der Waals surface area contributed by atoms with Gasteiger partial charge in [0.15, 0.2) is 0 Å². The maximum absolute atomic E-state index is 3.68. The van der Waals surface area contributed by atoms with Crippen LogP contribution in [-0.4, -0.2) is 14.8 Å². The van der Waals surface area contributed by atoms with Gasteiger partial charge in [0.05, 0.1) is 0 Å². The average Bonchev–Trinajstić information content (AvgIpc) is 1.84. The molecule has 0 saturated heterocycles. The number of rotatable bonds is 4. The van der Waals surface area contributed by atoms with Gasteiger partial charge in [-0.05, 0) is 5.54 Å². The second kappa shape index (κ2) is 3.94. The molecule has 0 aliphatic rings. The van der Waals surface area contributed by atoms with Gasteiger partial charge in [-0.2, -0.15) is 0 Å². The maximum Gasteiger partial charge on any atom is 0.122 e. The molecule has 0 aromatic heterocycles. The van der Waals surface area contributed by atoms with E-state index in [0.717, 1.165) is 12.1 Å². The average molecular weight is 157 g/mol. The van der Waals surface area contributed by atoms with Crippen molar-refractivity contribution in [2.24, 2.45) is 0 Å². The number of hydrogen-bond donors (Lipinski definition) is 1. The second-order valence-corrected chi connectivity index (χ2v) is 8.50. The standard InChI is InChI=1S/C8H19NSi/c1-6-7-9-10(4,5)8(2)3/h6,8-9H,1,7H2,2-5H3. The Balaban J connectivity index is 3.74. The Labute approximate surface area is 65.6 Å². The van der Waals surface area contributed by atoms with E-state index in [2.05, 4.69) is 38.5 Å². The lowest BCUT2D eigenvalue weighted by molar-refractivity contribution is 0.915. The van der Waals surface area contributed by atoms with Crippen molar-refractivity contribution in [1.82, 2.24) is 4.98 Å². The molecule has 0 unspecified atom stereocenters. The van der Waals surface area contributed by atoms with Crippen LogP contribution in [0.4, 0.5) is 0 Å². The summed E-state index contributed by atoms with van der Waals surface area (Å²) in [7, 11) is -1.12. The highest BCUT2D eigenvalue weighted by atomic mass is 28.3. The molecule has 0 saturated carbocycles. The van der Waals surface area contributed by atoms with Crippen LogP contribution in [-0.2, 0) is 0 Å².